The molecule has 3 N–H and O–H groups in total. The van der Waals surface area contributed by atoms with Crippen LogP contribution in [0.25, 0.3) is 0 Å². The highest BCUT2D eigenvalue weighted by Gasteiger charge is 2.26. The Morgan fingerprint density at radius 2 is 2.20 bits per heavy atom. The molecule has 25 heavy (non-hydrogen) atoms. The van der Waals surface area contributed by atoms with Crippen LogP contribution >= 0.6 is 0 Å². The molecule has 1 aliphatic rings. The molecule has 0 bridgehead atoms. The van der Waals surface area contributed by atoms with Gasteiger partial charge >= 0.3 is 5.97 Å². The zero-order valence-electron chi connectivity index (χ0n) is 13.6. The number of aliphatic carboxylic acids is 1. The topological polar surface area (TPSA) is 129 Å². The molecule has 2 amide bonds. The molecule has 9 nitrogen and oxygen atoms in total. The van der Waals surface area contributed by atoms with E-state index in [1.165, 1.54) is 6.21 Å². The van der Waals surface area contributed by atoms with Gasteiger partial charge in [-0.15, -0.1) is 0 Å². The van der Waals surface area contributed by atoms with E-state index in [9.17, 15) is 14.4 Å². The highest BCUT2D eigenvalue weighted by Crippen LogP contribution is 2.16. The summed E-state index contributed by atoms with van der Waals surface area (Å²) in [4.78, 5) is 33.9. The molecule has 1 atom stereocenters. The van der Waals surface area contributed by atoms with Crippen LogP contribution in [-0.2, 0) is 14.4 Å². The smallest absolute Gasteiger partial charge is 0.341 e. The highest BCUT2D eigenvalue weighted by atomic mass is 16.5. The Hall–Kier alpha value is -3.23. The minimum absolute atomic E-state index is 0.124. The van der Waals surface area contributed by atoms with Gasteiger partial charge in [0.1, 0.15) is 5.75 Å². The van der Waals surface area contributed by atoms with Gasteiger partial charge in [0.05, 0.1) is 12.1 Å². The molecular formula is C16H18N4O5. The summed E-state index contributed by atoms with van der Waals surface area (Å²) in [5, 5.41) is 16.3. The molecule has 0 fully saturated rings. The maximum atomic E-state index is 11.8. The van der Waals surface area contributed by atoms with Gasteiger partial charge in [0.25, 0.3) is 0 Å². The van der Waals surface area contributed by atoms with Crippen LogP contribution in [0.4, 0.5) is 0 Å². The SMILES string of the molecule is CC1=NNC(=O)[C@@H]1CCC(=O)NN=Cc1ccccc1OCC(=O)O. The number of nitrogens with zero attached hydrogens (tertiary/aromatic N) is 2. The van der Waals surface area contributed by atoms with E-state index in [0.717, 1.165) is 0 Å². The van der Waals surface area contributed by atoms with E-state index in [2.05, 4.69) is 21.1 Å². The first kappa shape index (κ1) is 18.1. The van der Waals surface area contributed by atoms with Gasteiger partial charge in [-0.3, -0.25) is 9.59 Å². The number of benzene rings is 1. The van der Waals surface area contributed by atoms with Crippen molar-refractivity contribution in [3.8, 4) is 5.75 Å². The average molecular weight is 346 g/mol. The third-order valence-corrected chi connectivity index (χ3v) is 3.49. The maximum absolute atomic E-state index is 11.8. The van der Waals surface area contributed by atoms with Crippen molar-refractivity contribution < 1.29 is 24.2 Å². The van der Waals surface area contributed by atoms with Crippen LogP contribution in [0, 0.1) is 5.92 Å². The standard InChI is InChI=1S/C16H18N4O5/c1-10-12(16(24)20-18-10)6-7-14(21)19-17-8-11-4-2-3-5-13(11)25-9-15(22)23/h2-5,8,12H,6-7,9H2,1H3,(H,19,21)(H,20,24)(H,22,23)/t12-/m1/s1. The van der Waals surface area contributed by atoms with Crippen LogP contribution in [0.15, 0.2) is 34.5 Å². The van der Waals surface area contributed by atoms with E-state index in [4.69, 9.17) is 9.84 Å². The molecule has 0 saturated carbocycles. The molecule has 0 aromatic heterocycles. The van der Waals surface area contributed by atoms with Crippen LogP contribution in [0.5, 0.6) is 5.75 Å². The molecule has 9 heteroatoms. The summed E-state index contributed by atoms with van der Waals surface area (Å²) >= 11 is 0. The van der Waals surface area contributed by atoms with E-state index in [0.29, 0.717) is 23.4 Å². The number of hydrogen-bond acceptors (Lipinski definition) is 6. The van der Waals surface area contributed by atoms with Gasteiger partial charge in [-0.2, -0.15) is 10.2 Å². The zero-order chi connectivity index (χ0) is 18.2. The lowest BCUT2D eigenvalue weighted by molar-refractivity contribution is -0.139. The first-order chi connectivity index (χ1) is 12.0. The average Bonchev–Trinajstić information content (AvgIpc) is 2.90. The zero-order valence-corrected chi connectivity index (χ0v) is 13.6. The van der Waals surface area contributed by atoms with Gasteiger partial charge in [-0.25, -0.2) is 15.6 Å². The fourth-order valence-corrected chi connectivity index (χ4v) is 2.19. The Labute approximate surface area is 143 Å². The molecule has 2 rings (SSSR count). The van der Waals surface area contributed by atoms with E-state index in [1.807, 2.05) is 0 Å². The lowest BCUT2D eigenvalue weighted by Crippen LogP contribution is -2.25. The van der Waals surface area contributed by atoms with Crippen molar-refractivity contribution in [3.63, 3.8) is 0 Å². The number of nitrogens with one attached hydrogen (secondary N) is 2. The normalized spacial score (nSPS) is 16.4. The van der Waals surface area contributed by atoms with Gasteiger partial charge in [0, 0.05) is 17.7 Å². The van der Waals surface area contributed by atoms with Crippen molar-refractivity contribution >= 4 is 29.7 Å². The second kappa shape index (κ2) is 8.57. The molecule has 1 aromatic carbocycles. The summed E-state index contributed by atoms with van der Waals surface area (Å²) in [5.74, 6) is -1.68. The summed E-state index contributed by atoms with van der Waals surface area (Å²) in [6.07, 6.45) is 1.84. The quantitative estimate of drug-likeness (QED) is 0.466. The summed E-state index contributed by atoms with van der Waals surface area (Å²) in [5.41, 5.74) is 5.92. The maximum Gasteiger partial charge on any atom is 0.341 e. The molecule has 0 aliphatic carbocycles. The largest absolute Gasteiger partial charge is 0.481 e. The fraction of sp³-hybridized carbons (Fsp3) is 0.312. The van der Waals surface area contributed by atoms with Crippen molar-refractivity contribution in [2.45, 2.75) is 19.8 Å². The van der Waals surface area contributed by atoms with E-state index < -0.39 is 12.6 Å². The van der Waals surface area contributed by atoms with Crippen LogP contribution in [0.1, 0.15) is 25.3 Å². The summed E-state index contributed by atoms with van der Waals surface area (Å²) in [7, 11) is 0. The van der Waals surface area contributed by atoms with Gasteiger partial charge in [-0.05, 0) is 25.5 Å². The number of carbonyl (C=O) groups is 3. The van der Waals surface area contributed by atoms with Gasteiger partial charge in [0.15, 0.2) is 6.61 Å². The van der Waals surface area contributed by atoms with Gasteiger partial charge in [0.2, 0.25) is 11.8 Å². The van der Waals surface area contributed by atoms with Crippen LogP contribution in [-0.4, -0.2) is 41.4 Å². The molecule has 132 valence electrons. The number of ether oxygens (including phenoxy) is 1. The molecule has 1 aromatic rings. The van der Waals surface area contributed by atoms with E-state index in [-0.39, 0.29) is 24.2 Å². The Kier molecular flexibility index (Phi) is 6.21. The first-order valence-electron chi connectivity index (χ1n) is 7.57. The highest BCUT2D eigenvalue weighted by molar-refractivity contribution is 6.07. The predicted octanol–water partition coefficient (Wildman–Crippen LogP) is 0.502. The summed E-state index contributed by atoms with van der Waals surface area (Å²) < 4.78 is 5.13. The van der Waals surface area contributed by atoms with Crippen molar-refractivity contribution in [2.75, 3.05) is 6.61 Å². The minimum atomic E-state index is -1.09. The number of carbonyl (C=O) groups excluding carboxylic acids is 2. The molecular weight excluding hydrogens is 328 g/mol. The Bertz CT molecular complexity index is 729. The molecule has 1 aliphatic heterocycles. The van der Waals surface area contributed by atoms with Crippen molar-refractivity contribution in [2.24, 2.45) is 16.1 Å². The summed E-state index contributed by atoms with van der Waals surface area (Å²) in [6, 6.07) is 6.71. The Morgan fingerprint density at radius 1 is 1.44 bits per heavy atom. The fourth-order valence-electron chi connectivity index (χ4n) is 2.19. The number of carboxylic acid groups (broad SMARTS) is 1. The monoisotopic (exact) mass is 346 g/mol. The van der Waals surface area contributed by atoms with Gasteiger partial charge < -0.3 is 9.84 Å². The molecule has 0 spiro atoms. The van der Waals surface area contributed by atoms with Crippen molar-refractivity contribution in [3.05, 3.63) is 29.8 Å². The number of amides is 2. The van der Waals surface area contributed by atoms with Crippen molar-refractivity contribution in [1.29, 1.82) is 0 Å². The number of hydrogen-bond donors (Lipinski definition) is 3. The molecule has 0 radical (unpaired) electrons. The van der Waals surface area contributed by atoms with E-state index in [1.54, 1.807) is 31.2 Å². The van der Waals surface area contributed by atoms with Gasteiger partial charge in [-0.1, -0.05) is 12.1 Å². The molecule has 0 saturated heterocycles. The predicted molar refractivity (Wildman–Crippen MR) is 89.3 cm³/mol. The van der Waals surface area contributed by atoms with Crippen LogP contribution in [0.3, 0.4) is 0 Å². The minimum Gasteiger partial charge on any atom is -0.481 e. The van der Waals surface area contributed by atoms with E-state index >= 15 is 0 Å². The molecule has 0 unspecified atom stereocenters. The second-order valence-electron chi connectivity index (χ2n) is 5.33. The molecule has 1 heterocycles. The number of carboxylic acids is 1. The van der Waals surface area contributed by atoms with Crippen LogP contribution in [0.2, 0.25) is 0 Å². The second-order valence-corrected chi connectivity index (χ2v) is 5.33. The van der Waals surface area contributed by atoms with Crippen molar-refractivity contribution in [1.82, 2.24) is 10.9 Å². The first-order valence-corrected chi connectivity index (χ1v) is 7.57. The lowest BCUT2D eigenvalue weighted by atomic mass is 9.99. The number of hydrazone groups is 2. The third-order valence-electron chi connectivity index (χ3n) is 3.49. The number of rotatable bonds is 8. The van der Waals surface area contributed by atoms with Crippen LogP contribution < -0.4 is 15.6 Å². The Morgan fingerprint density at radius 3 is 2.88 bits per heavy atom. The lowest BCUT2D eigenvalue weighted by Gasteiger charge is -2.07. The summed E-state index contributed by atoms with van der Waals surface area (Å²) in [6.45, 7) is 1.26. The Balaban J connectivity index is 1.84. The third kappa shape index (κ3) is 5.41. The number of para-hydroxylation sites is 1.